The smallest absolute Gasteiger partial charge is 0.260 e. The molecule has 0 atom stereocenters. The molecule has 1 aromatic carbocycles. The average Bonchev–Trinajstić information content (AvgIpc) is 2.78. The molecule has 1 aromatic heterocycles. The van der Waals surface area contributed by atoms with E-state index in [0.717, 1.165) is 6.07 Å². The molecule has 0 unspecified atom stereocenters. The molecule has 0 aliphatic rings. The highest BCUT2D eigenvalue weighted by Gasteiger charge is 2.14. The van der Waals surface area contributed by atoms with E-state index in [4.69, 9.17) is 21.3 Å². The molecule has 1 amide bonds. The van der Waals surface area contributed by atoms with E-state index in [1.165, 1.54) is 24.5 Å². The van der Waals surface area contributed by atoms with Crippen LogP contribution in [0.1, 0.15) is 15.9 Å². The van der Waals surface area contributed by atoms with E-state index in [2.05, 4.69) is 5.32 Å². The Balaban J connectivity index is 2.23. The quantitative estimate of drug-likeness (QED) is 0.906. The number of nitrogens with one attached hydrogen (secondary N) is 1. The van der Waals surface area contributed by atoms with Crippen molar-refractivity contribution in [3.8, 4) is 6.07 Å². The Morgan fingerprint density at radius 1 is 1.44 bits per heavy atom. The molecule has 1 N–H and O–H groups in total. The number of halogens is 2. The summed E-state index contributed by atoms with van der Waals surface area (Å²) in [6.07, 6.45) is 1.26. The number of carbonyl (C=O) groups is 1. The molecular formula is C12H6ClFN2O2. The molecule has 1 heterocycles. The van der Waals surface area contributed by atoms with Crippen molar-refractivity contribution in [3.05, 3.63) is 52.7 Å². The van der Waals surface area contributed by atoms with Crippen LogP contribution in [0.3, 0.4) is 0 Å². The van der Waals surface area contributed by atoms with Gasteiger partial charge in [0.2, 0.25) is 5.22 Å². The number of nitriles is 1. The second-order valence-electron chi connectivity index (χ2n) is 3.37. The minimum Gasteiger partial charge on any atom is -0.452 e. The second-order valence-corrected chi connectivity index (χ2v) is 3.71. The number of furan rings is 1. The number of nitrogens with zero attached hydrogens (tertiary/aromatic N) is 1. The summed E-state index contributed by atoms with van der Waals surface area (Å²) in [4.78, 5) is 11.7. The summed E-state index contributed by atoms with van der Waals surface area (Å²) < 4.78 is 18.3. The minimum absolute atomic E-state index is 0.0312. The lowest BCUT2D eigenvalue weighted by atomic mass is 10.2. The van der Waals surface area contributed by atoms with Gasteiger partial charge in [0, 0.05) is 0 Å². The molecule has 0 aliphatic heterocycles. The summed E-state index contributed by atoms with van der Waals surface area (Å²) >= 11 is 5.62. The number of anilines is 1. The average molecular weight is 265 g/mol. The zero-order chi connectivity index (χ0) is 13.1. The van der Waals surface area contributed by atoms with E-state index in [0.29, 0.717) is 0 Å². The van der Waals surface area contributed by atoms with Gasteiger partial charge in [0.1, 0.15) is 5.82 Å². The Hall–Kier alpha value is -2.32. The number of hydrogen-bond donors (Lipinski definition) is 1. The van der Waals surface area contributed by atoms with Gasteiger partial charge in [0.05, 0.1) is 29.1 Å². The van der Waals surface area contributed by atoms with E-state index < -0.39 is 11.7 Å². The monoisotopic (exact) mass is 264 g/mol. The highest BCUT2D eigenvalue weighted by molar-refractivity contribution is 6.32. The van der Waals surface area contributed by atoms with Gasteiger partial charge in [-0.2, -0.15) is 5.26 Å². The Morgan fingerprint density at radius 3 is 2.78 bits per heavy atom. The van der Waals surface area contributed by atoms with Crippen LogP contribution < -0.4 is 5.32 Å². The lowest BCUT2D eigenvalue weighted by Gasteiger charge is -2.05. The maximum Gasteiger partial charge on any atom is 0.260 e. The first-order valence-electron chi connectivity index (χ1n) is 4.86. The zero-order valence-electron chi connectivity index (χ0n) is 8.91. The van der Waals surface area contributed by atoms with Crippen LogP contribution in [0.2, 0.25) is 5.22 Å². The molecule has 6 heteroatoms. The molecule has 0 fully saturated rings. The lowest BCUT2D eigenvalue weighted by molar-refractivity contribution is 0.102. The van der Waals surface area contributed by atoms with Crippen molar-refractivity contribution in [2.75, 3.05) is 5.32 Å². The molecule has 0 radical (unpaired) electrons. The molecule has 0 spiro atoms. The first-order chi connectivity index (χ1) is 8.61. The van der Waals surface area contributed by atoms with Crippen LogP contribution in [-0.2, 0) is 0 Å². The maximum atomic E-state index is 13.5. The van der Waals surface area contributed by atoms with Crippen LogP contribution in [0, 0.1) is 17.1 Å². The van der Waals surface area contributed by atoms with Crippen molar-refractivity contribution >= 4 is 23.2 Å². The lowest BCUT2D eigenvalue weighted by Crippen LogP contribution is -2.12. The van der Waals surface area contributed by atoms with Gasteiger partial charge < -0.3 is 9.73 Å². The van der Waals surface area contributed by atoms with Gasteiger partial charge in [0.15, 0.2) is 0 Å². The van der Waals surface area contributed by atoms with E-state index in [9.17, 15) is 9.18 Å². The third-order valence-corrected chi connectivity index (χ3v) is 2.50. The normalized spacial score (nSPS) is 9.83. The largest absolute Gasteiger partial charge is 0.452 e. The van der Waals surface area contributed by atoms with E-state index in [1.807, 2.05) is 0 Å². The molecular weight excluding hydrogens is 259 g/mol. The van der Waals surface area contributed by atoms with Crippen LogP contribution in [0.5, 0.6) is 0 Å². The van der Waals surface area contributed by atoms with Crippen LogP contribution in [0.15, 0.2) is 34.9 Å². The highest BCUT2D eigenvalue weighted by atomic mass is 35.5. The predicted octanol–water partition coefficient (Wildman–Crippen LogP) is 3.20. The van der Waals surface area contributed by atoms with Crippen molar-refractivity contribution in [3.63, 3.8) is 0 Å². The number of carbonyl (C=O) groups excluding carboxylic acids is 1. The number of hydrogen-bond acceptors (Lipinski definition) is 3. The van der Waals surface area contributed by atoms with E-state index in [-0.39, 0.29) is 22.0 Å². The van der Waals surface area contributed by atoms with Gasteiger partial charge in [-0.1, -0.05) is 0 Å². The Morgan fingerprint density at radius 2 is 2.22 bits per heavy atom. The summed E-state index contributed by atoms with van der Waals surface area (Å²) in [5.41, 5.74) is 0.253. The first-order valence-corrected chi connectivity index (χ1v) is 5.23. The molecule has 90 valence electrons. The zero-order valence-corrected chi connectivity index (χ0v) is 9.66. The van der Waals surface area contributed by atoms with Crippen LogP contribution in [-0.4, -0.2) is 5.91 Å². The fraction of sp³-hybridized carbons (Fsp3) is 0. The summed E-state index contributed by atoms with van der Waals surface area (Å²) in [6.45, 7) is 0. The molecule has 2 aromatic rings. The maximum absolute atomic E-state index is 13.5. The molecule has 0 aliphatic carbocycles. The van der Waals surface area contributed by atoms with Crippen LogP contribution in [0.4, 0.5) is 10.1 Å². The SMILES string of the molecule is N#Cc1ccc(NC(=O)c2ccoc2Cl)c(F)c1. The summed E-state index contributed by atoms with van der Waals surface area (Å²) in [7, 11) is 0. The fourth-order valence-electron chi connectivity index (χ4n) is 1.33. The van der Waals surface area contributed by atoms with Gasteiger partial charge >= 0.3 is 0 Å². The number of amides is 1. The van der Waals surface area contributed by atoms with E-state index in [1.54, 1.807) is 6.07 Å². The standard InChI is InChI=1S/C12H6ClFN2O2/c13-11-8(3-4-18-11)12(17)16-10-2-1-7(6-15)5-9(10)14/h1-5H,(H,16,17). The summed E-state index contributed by atoms with van der Waals surface area (Å²) in [5, 5.41) is 10.9. The topological polar surface area (TPSA) is 66.0 Å². The van der Waals surface area contributed by atoms with Gasteiger partial charge in [-0.15, -0.1) is 0 Å². The summed E-state index contributed by atoms with van der Waals surface area (Å²) in [6, 6.07) is 6.91. The summed E-state index contributed by atoms with van der Waals surface area (Å²) in [5.74, 6) is -1.28. The number of rotatable bonds is 2. The second kappa shape index (κ2) is 4.90. The molecule has 18 heavy (non-hydrogen) atoms. The van der Waals surface area contributed by atoms with Crippen molar-refractivity contribution in [1.82, 2.24) is 0 Å². The third-order valence-electron chi connectivity index (χ3n) is 2.21. The fourth-order valence-corrected chi connectivity index (χ4v) is 1.53. The van der Waals surface area contributed by atoms with Crippen LogP contribution >= 0.6 is 11.6 Å². The van der Waals surface area contributed by atoms with Crippen molar-refractivity contribution in [1.29, 1.82) is 5.26 Å². The number of benzene rings is 1. The van der Waals surface area contributed by atoms with Gasteiger partial charge in [-0.25, -0.2) is 4.39 Å². The molecule has 0 bridgehead atoms. The van der Waals surface area contributed by atoms with Crippen molar-refractivity contribution < 1.29 is 13.6 Å². The van der Waals surface area contributed by atoms with Gasteiger partial charge in [0.25, 0.3) is 5.91 Å². The Labute approximate surface area is 107 Å². The highest BCUT2D eigenvalue weighted by Crippen LogP contribution is 2.20. The predicted molar refractivity (Wildman–Crippen MR) is 62.8 cm³/mol. The third kappa shape index (κ3) is 2.34. The van der Waals surface area contributed by atoms with E-state index >= 15 is 0 Å². The van der Waals surface area contributed by atoms with Crippen molar-refractivity contribution in [2.45, 2.75) is 0 Å². The Kier molecular flexibility index (Phi) is 3.31. The molecule has 0 saturated carbocycles. The van der Waals surface area contributed by atoms with Gasteiger partial charge in [-0.05, 0) is 35.9 Å². The molecule has 0 saturated heterocycles. The molecule has 4 nitrogen and oxygen atoms in total. The van der Waals surface area contributed by atoms with Crippen molar-refractivity contribution in [2.24, 2.45) is 0 Å². The van der Waals surface area contributed by atoms with Crippen LogP contribution in [0.25, 0.3) is 0 Å². The molecule has 2 rings (SSSR count). The Bertz CT molecular complexity index is 646. The first kappa shape index (κ1) is 12.1. The minimum atomic E-state index is -0.693. The van der Waals surface area contributed by atoms with Gasteiger partial charge in [-0.3, -0.25) is 4.79 Å².